The first-order chi connectivity index (χ1) is 15.1. The second kappa shape index (κ2) is 10.1. The molecule has 4 rings (SSSR count). The van der Waals surface area contributed by atoms with E-state index in [-0.39, 0.29) is 18.8 Å². The molecule has 3 atom stereocenters. The highest BCUT2D eigenvalue weighted by Crippen LogP contribution is 2.38. The Kier molecular flexibility index (Phi) is 6.99. The molecule has 0 aromatic heterocycles. The summed E-state index contributed by atoms with van der Waals surface area (Å²) in [5.74, 6) is 0. The highest BCUT2D eigenvalue weighted by Gasteiger charge is 2.32. The number of anilines is 1. The number of aliphatic hydroxyl groups excluding tert-OH is 1. The zero-order valence-electron chi connectivity index (χ0n) is 17.9. The first-order valence-corrected chi connectivity index (χ1v) is 10.7. The van der Waals surface area contributed by atoms with Gasteiger partial charge in [-0.3, -0.25) is 4.90 Å². The molecule has 3 aromatic rings. The molecular weight excluding hydrogens is 388 g/mol. The average molecular weight is 419 g/mol. The lowest BCUT2D eigenvalue weighted by atomic mass is 9.99. The zero-order valence-corrected chi connectivity index (χ0v) is 17.9. The van der Waals surface area contributed by atoms with Crippen LogP contribution in [0.1, 0.15) is 41.1 Å². The van der Waals surface area contributed by atoms with Crippen molar-refractivity contribution in [2.45, 2.75) is 38.1 Å². The Balaban J connectivity index is 1.52. The molecule has 0 saturated carbocycles. The SMILES string of the molecule is CN(Cc1ccccc1)C[C@@H]1C[C@H](c2ccc(CO)cc2)O[C@H](c2cccc(N)c2)O1. The van der Waals surface area contributed by atoms with E-state index in [0.717, 1.165) is 36.2 Å². The molecule has 1 fully saturated rings. The molecule has 1 heterocycles. The third kappa shape index (κ3) is 5.71. The van der Waals surface area contributed by atoms with Gasteiger partial charge in [0.25, 0.3) is 0 Å². The van der Waals surface area contributed by atoms with E-state index in [0.29, 0.717) is 5.69 Å². The van der Waals surface area contributed by atoms with E-state index in [9.17, 15) is 5.11 Å². The third-order valence-electron chi connectivity index (χ3n) is 5.61. The highest BCUT2D eigenvalue weighted by molar-refractivity contribution is 5.41. The molecule has 3 N–H and O–H groups in total. The summed E-state index contributed by atoms with van der Waals surface area (Å²) in [6.45, 7) is 1.69. The van der Waals surface area contributed by atoms with Crippen LogP contribution in [0.25, 0.3) is 0 Å². The Morgan fingerprint density at radius 1 is 0.903 bits per heavy atom. The van der Waals surface area contributed by atoms with Crippen molar-refractivity contribution in [2.75, 3.05) is 19.3 Å². The quantitative estimate of drug-likeness (QED) is 0.555. The number of nitrogens with zero attached hydrogens (tertiary/aromatic N) is 1. The van der Waals surface area contributed by atoms with Gasteiger partial charge in [0.2, 0.25) is 0 Å². The lowest BCUT2D eigenvalue weighted by Crippen LogP contribution is -2.37. The Morgan fingerprint density at radius 3 is 2.39 bits per heavy atom. The van der Waals surface area contributed by atoms with Gasteiger partial charge in [-0.25, -0.2) is 0 Å². The van der Waals surface area contributed by atoms with Gasteiger partial charge >= 0.3 is 0 Å². The number of hydrogen-bond acceptors (Lipinski definition) is 5. The van der Waals surface area contributed by atoms with E-state index in [1.807, 2.05) is 54.6 Å². The van der Waals surface area contributed by atoms with Gasteiger partial charge in [-0.1, -0.05) is 66.7 Å². The van der Waals surface area contributed by atoms with E-state index in [1.54, 1.807) is 0 Å². The fraction of sp³-hybridized carbons (Fsp3) is 0.308. The number of aliphatic hydroxyl groups is 1. The molecular formula is C26H30N2O3. The van der Waals surface area contributed by atoms with E-state index >= 15 is 0 Å². The second-order valence-corrected chi connectivity index (χ2v) is 8.20. The lowest BCUT2D eigenvalue weighted by Gasteiger charge is -2.38. The van der Waals surface area contributed by atoms with Crippen molar-refractivity contribution in [1.82, 2.24) is 4.90 Å². The lowest BCUT2D eigenvalue weighted by molar-refractivity contribution is -0.252. The van der Waals surface area contributed by atoms with Crippen LogP contribution in [0.4, 0.5) is 5.69 Å². The van der Waals surface area contributed by atoms with Crippen LogP contribution in [-0.4, -0.2) is 29.7 Å². The van der Waals surface area contributed by atoms with Crippen LogP contribution in [0, 0.1) is 0 Å². The van der Waals surface area contributed by atoms with E-state index in [1.165, 1.54) is 5.56 Å². The monoisotopic (exact) mass is 418 g/mol. The van der Waals surface area contributed by atoms with Crippen molar-refractivity contribution in [2.24, 2.45) is 0 Å². The summed E-state index contributed by atoms with van der Waals surface area (Å²) in [4.78, 5) is 2.29. The minimum Gasteiger partial charge on any atom is -0.399 e. The first-order valence-electron chi connectivity index (χ1n) is 10.7. The number of ether oxygens (including phenoxy) is 2. The predicted octanol–water partition coefficient (Wildman–Crippen LogP) is 4.44. The molecule has 162 valence electrons. The van der Waals surface area contributed by atoms with E-state index < -0.39 is 6.29 Å². The molecule has 1 saturated heterocycles. The second-order valence-electron chi connectivity index (χ2n) is 8.20. The van der Waals surface area contributed by atoms with Gasteiger partial charge in [-0.2, -0.15) is 0 Å². The number of likely N-dealkylation sites (N-methyl/N-ethyl adjacent to an activating group) is 1. The van der Waals surface area contributed by atoms with Crippen molar-refractivity contribution in [3.63, 3.8) is 0 Å². The topological polar surface area (TPSA) is 68.0 Å². The molecule has 5 nitrogen and oxygen atoms in total. The fourth-order valence-electron chi connectivity index (χ4n) is 4.05. The molecule has 0 spiro atoms. The van der Waals surface area contributed by atoms with Crippen LogP contribution in [-0.2, 0) is 22.6 Å². The molecule has 0 aliphatic carbocycles. The van der Waals surface area contributed by atoms with Crippen LogP contribution in [0.2, 0.25) is 0 Å². The van der Waals surface area contributed by atoms with Crippen LogP contribution in [0.15, 0.2) is 78.9 Å². The van der Waals surface area contributed by atoms with Crippen LogP contribution >= 0.6 is 0 Å². The van der Waals surface area contributed by atoms with Gasteiger partial charge in [0.1, 0.15) is 0 Å². The van der Waals surface area contributed by atoms with Gasteiger partial charge in [0, 0.05) is 30.8 Å². The van der Waals surface area contributed by atoms with Gasteiger partial charge in [-0.05, 0) is 35.9 Å². The van der Waals surface area contributed by atoms with E-state index in [2.05, 4.69) is 36.2 Å². The Hall–Kier alpha value is -2.70. The van der Waals surface area contributed by atoms with Crippen molar-refractivity contribution >= 4 is 5.69 Å². The van der Waals surface area contributed by atoms with Crippen molar-refractivity contribution in [3.05, 3.63) is 101 Å². The molecule has 1 aliphatic rings. The molecule has 0 radical (unpaired) electrons. The predicted molar refractivity (Wildman–Crippen MR) is 122 cm³/mol. The maximum absolute atomic E-state index is 9.35. The Bertz CT molecular complexity index is 962. The fourth-order valence-corrected chi connectivity index (χ4v) is 4.05. The van der Waals surface area contributed by atoms with Crippen LogP contribution in [0.3, 0.4) is 0 Å². The molecule has 3 aromatic carbocycles. The van der Waals surface area contributed by atoms with Gasteiger partial charge in [0.15, 0.2) is 6.29 Å². The standard InChI is InChI=1S/C26H30N2O3/c1-28(16-19-6-3-2-4-7-19)17-24-15-25(21-12-10-20(18-29)11-13-21)31-26(30-24)22-8-5-9-23(27)14-22/h2-14,24-26,29H,15-18,27H2,1H3/t24-,25+,26+/m0/s1. The summed E-state index contributed by atoms with van der Waals surface area (Å²) in [6, 6.07) is 26.1. The highest BCUT2D eigenvalue weighted by atomic mass is 16.7. The van der Waals surface area contributed by atoms with Crippen LogP contribution < -0.4 is 5.73 Å². The summed E-state index contributed by atoms with van der Waals surface area (Å²) >= 11 is 0. The summed E-state index contributed by atoms with van der Waals surface area (Å²) in [7, 11) is 2.12. The summed E-state index contributed by atoms with van der Waals surface area (Å²) in [5, 5.41) is 9.35. The maximum Gasteiger partial charge on any atom is 0.185 e. The first kappa shape index (κ1) is 21.5. The zero-order chi connectivity index (χ0) is 21.6. The molecule has 5 heteroatoms. The van der Waals surface area contributed by atoms with E-state index in [4.69, 9.17) is 15.2 Å². The smallest absolute Gasteiger partial charge is 0.185 e. The summed E-state index contributed by atoms with van der Waals surface area (Å²) in [6.07, 6.45) is 0.200. The van der Waals surface area contributed by atoms with Gasteiger partial charge < -0.3 is 20.3 Å². The molecule has 0 unspecified atom stereocenters. The maximum atomic E-state index is 9.35. The Labute approximate surface area is 184 Å². The molecule has 0 amide bonds. The van der Waals surface area contributed by atoms with Gasteiger partial charge in [-0.15, -0.1) is 0 Å². The van der Waals surface area contributed by atoms with Crippen molar-refractivity contribution < 1.29 is 14.6 Å². The number of nitrogen functional groups attached to an aromatic ring is 1. The molecule has 1 aliphatic heterocycles. The van der Waals surface area contributed by atoms with Gasteiger partial charge in [0.05, 0.1) is 18.8 Å². The summed E-state index contributed by atoms with van der Waals surface area (Å²) < 4.78 is 12.7. The number of benzene rings is 3. The number of hydrogen-bond donors (Lipinski definition) is 2. The molecule has 0 bridgehead atoms. The van der Waals surface area contributed by atoms with Crippen molar-refractivity contribution in [1.29, 1.82) is 0 Å². The minimum absolute atomic E-state index is 0.0106. The molecule has 31 heavy (non-hydrogen) atoms. The van der Waals surface area contributed by atoms with Crippen molar-refractivity contribution in [3.8, 4) is 0 Å². The normalized spacial score (nSPS) is 21.3. The number of rotatable bonds is 7. The minimum atomic E-state index is -0.477. The largest absolute Gasteiger partial charge is 0.399 e. The third-order valence-corrected chi connectivity index (χ3v) is 5.61. The number of nitrogens with two attached hydrogens (primary N) is 1. The summed E-state index contributed by atoms with van der Waals surface area (Å²) in [5.41, 5.74) is 10.9. The van der Waals surface area contributed by atoms with Crippen LogP contribution in [0.5, 0.6) is 0 Å². The Morgan fingerprint density at radius 2 is 1.68 bits per heavy atom. The average Bonchev–Trinajstić information content (AvgIpc) is 2.79.